The molecule has 3 rings (SSSR count). The second kappa shape index (κ2) is 3.56. The van der Waals surface area contributed by atoms with Gasteiger partial charge < -0.3 is 5.11 Å². The summed E-state index contributed by atoms with van der Waals surface area (Å²) in [5.41, 5.74) is 2.45. The average molecular weight is 213 g/mol. The summed E-state index contributed by atoms with van der Waals surface area (Å²) in [6.07, 6.45) is 5.20. The van der Waals surface area contributed by atoms with E-state index in [0.29, 0.717) is 6.61 Å². The molecule has 0 amide bonds. The maximum Gasteiger partial charge on any atom is 0.0702 e. The van der Waals surface area contributed by atoms with Crippen LogP contribution in [0.5, 0.6) is 0 Å². The molecule has 2 nitrogen and oxygen atoms in total. The van der Waals surface area contributed by atoms with Gasteiger partial charge in [-0.2, -0.15) is 0 Å². The highest BCUT2D eigenvalue weighted by atomic mass is 16.3. The first kappa shape index (κ1) is 9.79. The first-order valence-electron chi connectivity index (χ1n) is 5.76. The molecule has 1 aliphatic carbocycles. The smallest absolute Gasteiger partial charge is 0.0702 e. The monoisotopic (exact) mass is 213 g/mol. The van der Waals surface area contributed by atoms with E-state index in [1.165, 1.54) is 10.9 Å². The molecule has 1 aliphatic rings. The van der Waals surface area contributed by atoms with Crippen molar-refractivity contribution in [1.29, 1.82) is 0 Å². The minimum Gasteiger partial charge on any atom is -0.396 e. The van der Waals surface area contributed by atoms with Crippen molar-refractivity contribution in [2.45, 2.75) is 19.3 Å². The molecule has 1 aromatic carbocycles. The van der Waals surface area contributed by atoms with Gasteiger partial charge in [-0.25, -0.2) is 0 Å². The predicted molar refractivity (Wildman–Crippen MR) is 64.2 cm³/mol. The first-order valence-corrected chi connectivity index (χ1v) is 5.76. The molecule has 0 unspecified atom stereocenters. The van der Waals surface area contributed by atoms with Gasteiger partial charge in [-0.15, -0.1) is 0 Å². The number of para-hydroxylation sites is 1. The molecule has 0 spiro atoms. The Hall–Kier alpha value is -1.41. The number of aromatic nitrogens is 1. The van der Waals surface area contributed by atoms with Gasteiger partial charge in [0, 0.05) is 18.2 Å². The van der Waals surface area contributed by atoms with E-state index in [1.54, 1.807) is 0 Å². The van der Waals surface area contributed by atoms with E-state index in [-0.39, 0.29) is 5.41 Å². The van der Waals surface area contributed by atoms with Gasteiger partial charge in [0.1, 0.15) is 0 Å². The lowest BCUT2D eigenvalue weighted by Gasteiger charge is -2.11. The third kappa shape index (κ3) is 1.69. The van der Waals surface area contributed by atoms with Gasteiger partial charge in [-0.05, 0) is 42.4 Å². The summed E-state index contributed by atoms with van der Waals surface area (Å²) in [6.45, 7) is 0.305. The van der Waals surface area contributed by atoms with Gasteiger partial charge in [0.05, 0.1) is 5.52 Å². The van der Waals surface area contributed by atoms with Crippen molar-refractivity contribution in [2.75, 3.05) is 6.61 Å². The third-order valence-electron chi connectivity index (χ3n) is 3.52. The molecule has 0 aliphatic heterocycles. The Morgan fingerprint density at radius 3 is 2.81 bits per heavy atom. The van der Waals surface area contributed by atoms with Gasteiger partial charge >= 0.3 is 0 Å². The Labute approximate surface area is 94.9 Å². The molecule has 1 N–H and O–H groups in total. The summed E-state index contributed by atoms with van der Waals surface area (Å²) in [7, 11) is 0. The largest absolute Gasteiger partial charge is 0.396 e. The second-order valence-electron chi connectivity index (χ2n) is 4.87. The van der Waals surface area contributed by atoms with E-state index in [4.69, 9.17) is 0 Å². The van der Waals surface area contributed by atoms with E-state index in [2.05, 4.69) is 17.1 Å². The lowest BCUT2D eigenvalue weighted by atomic mass is 9.98. The molecule has 1 heterocycles. The number of benzene rings is 1. The third-order valence-corrected chi connectivity index (χ3v) is 3.52. The first-order chi connectivity index (χ1) is 7.81. The van der Waals surface area contributed by atoms with E-state index >= 15 is 0 Å². The molecule has 82 valence electrons. The van der Waals surface area contributed by atoms with Gasteiger partial charge in [0.25, 0.3) is 0 Å². The normalized spacial score (nSPS) is 17.6. The predicted octanol–water partition coefficient (Wildman–Crippen LogP) is 2.55. The summed E-state index contributed by atoms with van der Waals surface area (Å²) in [5, 5.41) is 10.5. The molecule has 0 bridgehead atoms. The van der Waals surface area contributed by atoms with Crippen LogP contribution in [0.25, 0.3) is 10.9 Å². The van der Waals surface area contributed by atoms with Gasteiger partial charge in [-0.3, -0.25) is 4.98 Å². The van der Waals surface area contributed by atoms with Crippen LogP contribution in [0.4, 0.5) is 0 Å². The van der Waals surface area contributed by atoms with Crippen LogP contribution in [-0.2, 0) is 6.42 Å². The molecule has 16 heavy (non-hydrogen) atoms. The van der Waals surface area contributed by atoms with Crippen LogP contribution in [0, 0.1) is 5.41 Å². The van der Waals surface area contributed by atoms with Crippen LogP contribution >= 0.6 is 0 Å². The average Bonchev–Trinajstić information content (AvgIpc) is 3.09. The topological polar surface area (TPSA) is 33.1 Å². The highest BCUT2D eigenvalue weighted by Gasteiger charge is 2.41. The van der Waals surface area contributed by atoms with Gasteiger partial charge in [0.2, 0.25) is 0 Å². The highest BCUT2D eigenvalue weighted by molar-refractivity contribution is 5.78. The second-order valence-corrected chi connectivity index (χ2v) is 4.87. The molecular weight excluding hydrogens is 198 g/mol. The SMILES string of the molecule is OCC1(Cc2cnc3ccccc3c2)CC1. The van der Waals surface area contributed by atoms with Crippen LogP contribution in [0.15, 0.2) is 36.5 Å². The Morgan fingerprint density at radius 2 is 2.06 bits per heavy atom. The molecule has 2 heteroatoms. The van der Waals surface area contributed by atoms with Crippen molar-refractivity contribution >= 4 is 10.9 Å². The quantitative estimate of drug-likeness (QED) is 0.850. The molecule has 0 saturated heterocycles. The number of aliphatic hydroxyl groups is 1. The fourth-order valence-electron chi connectivity index (χ4n) is 2.21. The van der Waals surface area contributed by atoms with Gasteiger partial charge in [0.15, 0.2) is 0 Å². The summed E-state index contributed by atoms with van der Waals surface area (Å²) in [5.74, 6) is 0. The van der Waals surface area contributed by atoms with E-state index < -0.39 is 0 Å². The number of nitrogens with zero attached hydrogens (tertiary/aromatic N) is 1. The Morgan fingerprint density at radius 1 is 1.25 bits per heavy atom. The molecule has 2 aromatic rings. The number of fused-ring (bicyclic) bond motifs is 1. The molecule has 1 saturated carbocycles. The van der Waals surface area contributed by atoms with Crippen LogP contribution < -0.4 is 0 Å². The van der Waals surface area contributed by atoms with E-state index in [0.717, 1.165) is 24.8 Å². The standard InChI is InChI=1S/C14H15NO/c16-10-14(5-6-14)8-11-7-12-3-1-2-4-13(12)15-9-11/h1-4,7,9,16H,5-6,8,10H2. The fourth-order valence-corrected chi connectivity index (χ4v) is 2.21. The van der Waals surface area contributed by atoms with Crippen LogP contribution in [0.2, 0.25) is 0 Å². The zero-order chi connectivity index (χ0) is 11.0. The maximum atomic E-state index is 9.31. The zero-order valence-electron chi connectivity index (χ0n) is 9.19. The van der Waals surface area contributed by atoms with Crippen molar-refractivity contribution in [3.8, 4) is 0 Å². The molecule has 1 fully saturated rings. The highest BCUT2D eigenvalue weighted by Crippen LogP contribution is 2.47. The fraction of sp³-hybridized carbons (Fsp3) is 0.357. The van der Waals surface area contributed by atoms with Crippen molar-refractivity contribution < 1.29 is 5.11 Å². The lowest BCUT2D eigenvalue weighted by molar-refractivity contribution is 0.211. The minimum absolute atomic E-state index is 0.171. The van der Waals surface area contributed by atoms with E-state index in [9.17, 15) is 5.11 Å². The van der Waals surface area contributed by atoms with Crippen LogP contribution in [0.3, 0.4) is 0 Å². The summed E-state index contributed by atoms with van der Waals surface area (Å²) >= 11 is 0. The Kier molecular flexibility index (Phi) is 2.18. The maximum absolute atomic E-state index is 9.31. The molecule has 0 radical (unpaired) electrons. The zero-order valence-corrected chi connectivity index (χ0v) is 9.19. The number of aliphatic hydroxyl groups excluding tert-OH is 1. The lowest BCUT2D eigenvalue weighted by Crippen LogP contribution is -2.10. The van der Waals surface area contributed by atoms with Crippen molar-refractivity contribution in [3.63, 3.8) is 0 Å². The number of rotatable bonds is 3. The number of hydrogen-bond acceptors (Lipinski definition) is 2. The Bertz CT molecular complexity index is 517. The van der Waals surface area contributed by atoms with Crippen molar-refractivity contribution in [3.05, 3.63) is 42.1 Å². The van der Waals surface area contributed by atoms with Crippen LogP contribution in [-0.4, -0.2) is 16.7 Å². The van der Waals surface area contributed by atoms with E-state index in [1.807, 2.05) is 24.4 Å². The van der Waals surface area contributed by atoms with Crippen molar-refractivity contribution in [2.24, 2.45) is 5.41 Å². The minimum atomic E-state index is 0.171. The summed E-state index contributed by atoms with van der Waals surface area (Å²) in [4.78, 5) is 4.45. The number of pyridine rings is 1. The number of hydrogen-bond donors (Lipinski definition) is 1. The van der Waals surface area contributed by atoms with Crippen LogP contribution in [0.1, 0.15) is 18.4 Å². The molecule has 1 aromatic heterocycles. The van der Waals surface area contributed by atoms with Crippen molar-refractivity contribution in [1.82, 2.24) is 4.98 Å². The summed E-state index contributed by atoms with van der Waals surface area (Å²) in [6, 6.07) is 10.3. The Balaban J connectivity index is 1.93. The molecule has 0 atom stereocenters. The molecular formula is C14H15NO. The van der Waals surface area contributed by atoms with Gasteiger partial charge in [-0.1, -0.05) is 18.2 Å². The summed E-state index contributed by atoms with van der Waals surface area (Å²) < 4.78 is 0.